The maximum Gasteiger partial charge on any atom is 0.237 e. The van der Waals surface area contributed by atoms with Gasteiger partial charge in [0.05, 0.1) is 12.1 Å². The van der Waals surface area contributed by atoms with Crippen molar-refractivity contribution >= 4 is 5.91 Å². The summed E-state index contributed by atoms with van der Waals surface area (Å²) in [5.74, 6) is 1.13. The Morgan fingerprint density at radius 3 is 2.67 bits per heavy atom. The highest BCUT2D eigenvalue weighted by Gasteiger charge is 2.31. The minimum absolute atomic E-state index is 0.0289. The highest BCUT2D eigenvalue weighted by molar-refractivity contribution is 5.81. The van der Waals surface area contributed by atoms with Gasteiger partial charge in [0.2, 0.25) is 5.91 Å². The van der Waals surface area contributed by atoms with Gasteiger partial charge in [-0.15, -0.1) is 0 Å². The fourth-order valence-electron chi connectivity index (χ4n) is 2.47. The van der Waals surface area contributed by atoms with E-state index < -0.39 is 6.04 Å². The Hall–Kier alpha value is -0.610. The average molecular weight is 256 g/mol. The molecule has 4 unspecified atom stereocenters. The molecule has 1 aliphatic rings. The number of nitrogens with one attached hydrogen (secondary N) is 1. The molecule has 1 heterocycles. The Labute approximate surface area is 111 Å². The van der Waals surface area contributed by atoms with Gasteiger partial charge >= 0.3 is 0 Å². The summed E-state index contributed by atoms with van der Waals surface area (Å²) in [5, 5.41) is 2.98. The molecule has 0 aromatic heterocycles. The van der Waals surface area contributed by atoms with Crippen molar-refractivity contribution in [3.63, 3.8) is 0 Å². The first-order valence-electron chi connectivity index (χ1n) is 7.12. The van der Waals surface area contributed by atoms with Gasteiger partial charge in [0, 0.05) is 19.1 Å². The van der Waals surface area contributed by atoms with Crippen LogP contribution in [-0.4, -0.2) is 31.2 Å². The molecule has 3 N–H and O–H groups in total. The lowest BCUT2D eigenvalue weighted by atomic mass is 9.92. The molecule has 106 valence electrons. The van der Waals surface area contributed by atoms with Crippen LogP contribution in [0.1, 0.15) is 40.5 Å². The van der Waals surface area contributed by atoms with E-state index in [0.29, 0.717) is 18.4 Å². The number of nitrogens with two attached hydrogens (primary N) is 1. The lowest BCUT2D eigenvalue weighted by Gasteiger charge is -2.24. The number of rotatable bonds is 6. The maximum absolute atomic E-state index is 11.9. The van der Waals surface area contributed by atoms with E-state index in [1.807, 2.05) is 6.92 Å². The quantitative estimate of drug-likeness (QED) is 0.757. The van der Waals surface area contributed by atoms with Crippen LogP contribution in [0.15, 0.2) is 0 Å². The van der Waals surface area contributed by atoms with Gasteiger partial charge in [-0.1, -0.05) is 34.1 Å². The summed E-state index contributed by atoms with van der Waals surface area (Å²) in [5.41, 5.74) is 5.91. The van der Waals surface area contributed by atoms with Crippen LogP contribution in [0.3, 0.4) is 0 Å². The zero-order valence-corrected chi connectivity index (χ0v) is 12.1. The van der Waals surface area contributed by atoms with Crippen LogP contribution < -0.4 is 11.1 Å². The zero-order valence-electron chi connectivity index (χ0n) is 12.1. The molecule has 1 amide bonds. The number of hydrogen-bond acceptors (Lipinski definition) is 3. The summed E-state index contributed by atoms with van der Waals surface area (Å²) in [6, 6.07) is -0.394. The predicted molar refractivity (Wildman–Crippen MR) is 73.1 cm³/mol. The normalized spacial score (nSPS) is 27.2. The third kappa shape index (κ3) is 3.95. The van der Waals surface area contributed by atoms with E-state index in [1.54, 1.807) is 0 Å². The first kappa shape index (κ1) is 15.4. The van der Waals surface area contributed by atoms with Crippen molar-refractivity contribution in [2.75, 3.05) is 13.2 Å². The van der Waals surface area contributed by atoms with Gasteiger partial charge in [-0.25, -0.2) is 0 Å². The van der Waals surface area contributed by atoms with Gasteiger partial charge in [0.1, 0.15) is 0 Å². The second-order valence-corrected chi connectivity index (χ2v) is 5.78. The maximum atomic E-state index is 11.9. The molecule has 0 aromatic rings. The Morgan fingerprint density at radius 2 is 2.11 bits per heavy atom. The van der Waals surface area contributed by atoms with Crippen LogP contribution in [0.2, 0.25) is 0 Å². The molecular weight excluding hydrogens is 228 g/mol. The fourth-order valence-corrected chi connectivity index (χ4v) is 2.47. The monoisotopic (exact) mass is 256 g/mol. The average Bonchev–Trinajstić information content (AvgIpc) is 2.82. The highest BCUT2D eigenvalue weighted by Crippen LogP contribution is 2.26. The Balaban J connectivity index is 2.38. The molecule has 18 heavy (non-hydrogen) atoms. The molecule has 0 radical (unpaired) electrons. The standard InChI is InChI=1S/C14H28N2O2/c1-5-10(4)12(15)14(17)16-8-11-6-7-18-13(11)9(2)3/h9-13H,5-8,15H2,1-4H3,(H,16,17). The Morgan fingerprint density at radius 1 is 1.44 bits per heavy atom. The molecule has 1 fully saturated rings. The molecule has 1 saturated heterocycles. The molecular formula is C14H28N2O2. The highest BCUT2D eigenvalue weighted by atomic mass is 16.5. The predicted octanol–water partition coefficient (Wildman–Crippen LogP) is 1.54. The fraction of sp³-hybridized carbons (Fsp3) is 0.929. The van der Waals surface area contributed by atoms with Crippen molar-refractivity contribution in [3.8, 4) is 0 Å². The van der Waals surface area contributed by atoms with E-state index in [4.69, 9.17) is 10.5 Å². The number of carbonyl (C=O) groups is 1. The first-order valence-corrected chi connectivity index (χ1v) is 7.12. The molecule has 0 bridgehead atoms. The minimum Gasteiger partial charge on any atom is -0.378 e. The van der Waals surface area contributed by atoms with Crippen molar-refractivity contribution in [3.05, 3.63) is 0 Å². The van der Waals surface area contributed by atoms with Crippen LogP contribution in [0, 0.1) is 17.8 Å². The zero-order chi connectivity index (χ0) is 13.7. The molecule has 4 nitrogen and oxygen atoms in total. The summed E-state index contributed by atoms with van der Waals surface area (Å²) in [6.07, 6.45) is 2.22. The van der Waals surface area contributed by atoms with Gasteiger partial charge in [0.25, 0.3) is 0 Å². The van der Waals surface area contributed by atoms with Crippen LogP contribution >= 0.6 is 0 Å². The number of ether oxygens (including phenoxy) is 1. The molecule has 0 aromatic carbocycles. The van der Waals surface area contributed by atoms with Gasteiger partial charge in [-0.2, -0.15) is 0 Å². The lowest BCUT2D eigenvalue weighted by molar-refractivity contribution is -0.123. The van der Waals surface area contributed by atoms with Crippen molar-refractivity contribution in [2.45, 2.75) is 52.7 Å². The van der Waals surface area contributed by atoms with Crippen molar-refractivity contribution in [1.82, 2.24) is 5.32 Å². The Kier molecular flexibility index (Phi) is 6.09. The molecule has 1 aliphatic heterocycles. The molecule has 0 saturated carbocycles. The van der Waals surface area contributed by atoms with Gasteiger partial charge in [0.15, 0.2) is 0 Å². The van der Waals surface area contributed by atoms with Crippen molar-refractivity contribution < 1.29 is 9.53 Å². The summed E-state index contributed by atoms with van der Waals surface area (Å²) in [7, 11) is 0. The molecule has 4 atom stereocenters. The second-order valence-electron chi connectivity index (χ2n) is 5.78. The van der Waals surface area contributed by atoms with Crippen molar-refractivity contribution in [1.29, 1.82) is 0 Å². The van der Waals surface area contributed by atoms with Crippen LogP contribution in [-0.2, 0) is 9.53 Å². The number of hydrogen-bond donors (Lipinski definition) is 2. The summed E-state index contributed by atoms with van der Waals surface area (Å²) in [4.78, 5) is 11.9. The van der Waals surface area contributed by atoms with E-state index in [2.05, 4.69) is 26.1 Å². The van der Waals surface area contributed by atoms with Gasteiger partial charge < -0.3 is 15.8 Å². The van der Waals surface area contributed by atoms with Crippen LogP contribution in [0.5, 0.6) is 0 Å². The topological polar surface area (TPSA) is 64.4 Å². The van der Waals surface area contributed by atoms with Gasteiger partial charge in [-0.05, 0) is 18.3 Å². The van der Waals surface area contributed by atoms with Crippen LogP contribution in [0.4, 0.5) is 0 Å². The molecule has 4 heteroatoms. The smallest absolute Gasteiger partial charge is 0.237 e. The third-order valence-corrected chi connectivity index (χ3v) is 4.02. The van der Waals surface area contributed by atoms with Gasteiger partial charge in [-0.3, -0.25) is 4.79 Å². The largest absolute Gasteiger partial charge is 0.378 e. The lowest BCUT2D eigenvalue weighted by Crippen LogP contribution is -2.46. The van der Waals surface area contributed by atoms with E-state index >= 15 is 0 Å². The third-order valence-electron chi connectivity index (χ3n) is 4.02. The van der Waals surface area contributed by atoms with E-state index in [-0.39, 0.29) is 17.9 Å². The summed E-state index contributed by atoms with van der Waals surface area (Å²) >= 11 is 0. The van der Waals surface area contributed by atoms with E-state index in [9.17, 15) is 4.79 Å². The molecule has 1 rings (SSSR count). The van der Waals surface area contributed by atoms with Crippen LogP contribution in [0.25, 0.3) is 0 Å². The summed E-state index contributed by atoms with van der Waals surface area (Å²) in [6.45, 7) is 9.88. The molecule has 0 spiro atoms. The second kappa shape index (κ2) is 7.10. The first-order chi connectivity index (χ1) is 8.47. The Bertz CT molecular complexity index is 269. The molecule has 0 aliphatic carbocycles. The number of carbonyl (C=O) groups excluding carboxylic acids is 1. The summed E-state index contributed by atoms with van der Waals surface area (Å²) < 4.78 is 5.71. The number of amides is 1. The minimum atomic E-state index is -0.394. The SMILES string of the molecule is CCC(C)C(N)C(=O)NCC1CCOC1C(C)C. The van der Waals surface area contributed by atoms with E-state index in [1.165, 1.54) is 0 Å². The van der Waals surface area contributed by atoms with Crippen molar-refractivity contribution in [2.24, 2.45) is 23.5 Å². The van der Waals surface area contributed by atoms with E-state index in [0.717, 1.165) is 19.4 Å².